The van der Waals surface area contributed by atoms with E-state index in [9.17, 15) is 13.2 Å². The number of aromatic nitrogens is 1. The number of para-hydroxylation sites is 1. The van der Waals surface area contributed by atoms with Crippen molar-refractivity contribution in [1.82, 2.24) is 10.3 Å². The van der Waals surface area contributed by atoms with Gasteiger partial charge in [0.2, 0.25) is 0 Å². The fourth-order valence-corrected chi connectivity index (χ4v) is 4.31. The average Bonchev–Trinajstić information content (AvgIpc) is 3.18. The second-order valence-corrected chi connectivity index (χ2v) is 9.28. The van der Waals surface area contributed by atoms with E-state index in [0.717, 1.165) is 28.3 Å². The summed E-state index contributed by atoms with van der Waals surface area (Å²) in [6.45, 7) is 0.383. The van der Waals surface area contributed by atoms with Crippen LogP contribution >= 0.6 is 0 Å². The number of carbonyl (C=O) groups excluding carboxylic acids is 1. The molecular formula is C24H22N2O3S. The van der Waals surface area contributed by atoms with Crippen molar-refractivity contribution in [3.8, 4) is 0 Å². The molecule has 0 saturated carbocycles. The Bertz CT molecular complexity index is 1290. The largest absolute Gasteiger partial charge is 0.361 e. The lowest BCUT2D eigenvalue weighted by Gasteiger charge is -2.18. The molecule has 30 heavy (non-hydrogen) atoms. The highest BCUT2D eigenvalue weighted by Gasteiger charge is 2.20. The predicted molar refractivity (Wildman–Crippen MR) is 118 cm³/mol. The Morgan fingerprint density at radius 1 is 0.967 bits per heavy atom. The molecule has 5 nitrogen and oxygen atoms in total. The van der Waals surface area contributed by atoms with Gasteiger partial charge in [0.1, 0.15) is 0 Å². The van der Waals surface area contributed by atoms with E-state index in [0.29, 0.717) is 12.1 Å². The van der Waals surface area contributed by atoms with Crippen LogP contribution in [0.25, 0.3) is 10.9 Å². The number of fused-ring (bicyclic) bond motifs is 1. The number of hydrogen-bond acceptors (Lipinski definition) is 3. The van der Waals surface area contributed by atoms with Crippen LogP contribution in [-0.2, 0) is 9.84 Å². The first-order chi connectivity index (χ1) is 14.4. The van der Waals surface area contributed by atoms with Gasteiger partial charge in [-0.15, -0.1) is 0 Å². The number of benzene rings is 3. The minimum Gasteiger partial charge on any atom is -0.361 e. The summed E-state index contributed by atoms with van der Waals surface area (Å²) < 4.78 is 23.6. The predicted octanol–water partition coefficient (Wildman–Crippen LogP) is 4.13. The molecule has 0 saturated heterocycles. The average molecular weight is 419 g/mol. The van der Waals surface area contributed by atoms with Crippen LogP contribution in [0.5, 0.6) is 0 Å². The van der Waals surface area contributed by atoms with E-state index in [1.807, 2.05) is 54.7 Å². The number of amides is 1. The van der Waals surface area contributed by atoms with E-state index in [2.05, 4.69) is 16.4 Å². The van der Waals surface area contributed by atoms with Crippen molar-refractivity contribution in [3.63, 3.8) is 0 Å². The Hall–Kier alpha value is -3.38. The molecule has 1 aromatic heterocycles. The molecule has 2 N–H and O–H groups in total. The molecule has 0 aliphatic carbocycles. The lowest BCUT2D eigenvalue weighted by molar-refractivity contribution is 0.0952. The smallest absolute Gasteiger partial charge is 0.251 e. The number of sulfone groups is 1. The first-order valence-corrected chi connectivity index (χ1v) is 11.5. The van der Waals surface area contributed by atoms with Gasteiger partial charge in [-0.1, -0.05) is 54.6 Å². The number of hydrogen-bond donors (Lipinski definition) is 2. The van der Waals surface area contributed by atoms with E-state index in [-0.39, 0.29) is 16.7 Å². The van der Waals surface area contributed by atoms with E-state index in [1.54, 1.807) is 12.1 Å². The zero-order chi connectivity index (χ0) is 21.1. The number of rotatable bonds is 6. The minimum atomic E-state index is -3.38. The van der Waals surface area contributed by atoms with Crippen molar-refractivity contribution < 1.29 is 13.2 Å². The van der Waals surface area contributed by atoms with Gasteiger partial charge in [-0.05, 0) is 35.4 Å². The van der Waals surface area contributed by atoms with Gasteiger partial charge in [-0.2, -0.15) is 0 Å². The van der Waals surface area contributed by atoms with Crippen molar-refractivity contribution >= 4 is 26.6 Å². The highest BCUT2D eigenvalue weighted by Crippen LogP contribution is 2.30. The third-order valence-electron chi connectivity index (χ3n) is 5.19. The molecule has 1 amide bonds. The van der Waals surface area contributed by atoms with Crippen LogP contribution in [-0.4, -0.2) is 32.1 Å². The van der Waals surface area contributed by atoms with Gasteiger partial charge in [0, 0.05) is 41.4 Å². The van der Waals surface area contributed by atoms with Gasteiger partial charge in [0.15, 0.2) is 9.84 Å². The molecule has 0 aliphatic heterocycles. The van der Waals surface area contributed by atoms with Gasteiger partial charge < -0.3 is 10.3 Å². The maximum Gasteiger partial charge on any atom is 0.251 e. The highest BCUT2D eigenvalue weighted by molar-refractivity contribution is 7.90. The summed E-state index contributed by atoms with van der Waals surface area (Å²) in [5.74, 6) is -0.356. The lowest BCUT2D eigenvalue weighted by atomic mass is 9.91. The summed E-state index contributed by atoms with van der Waals surface area (Å²) in [5.41, 5.74) is 3.55. The molecule has 6 heteroatoms. The van der Waals surface area contributed by atoms with Crippen LogP contribution in [0.2, 0.25) is 0 Å². The summed E-state index contributed by atoms with van der Waals surface area (Å²) in [4.78, 5) is 16.2. The van der Waals surface area contributed by atoms with Crippen LogP contribution in [0.15, 0.2) is 90.0 Å². The number of aromatic amines is 1. The van der Waals surface area contributed by atoms with Gasteiger partial charge in [-0.3, -0.25) is 4.79 Å². The van der Waals surface area contributed by atoms with E-state index in [4.69, 9.17) is 0 Å². The molecule has 1 atom stereocenters. The molecule has 0 spiro atoms. The van der Waals surface area contributed by atoms with Crippen molar-refractivity contribution in [2.24, 2.45) is 0 Å². The molecule has 0 radical (unpaired) electrons. The second-order valence-electron chi connectivity index (χ2n) is 7.26. The first kappa shape index (κ1) is 19.9. The Morgan fingerprint density at radius 3 is 2.47 bits per heavy atom. The third kappa shape index (κ3) is 4.14. The fourth-order valence-electron chi connectivity index (χ4n) is 3.64. The zero-order valence-corrected chi connectivity index (χ0v) is 17.3. The molecule has 0 aliphatic rings. The molecular weight excluding hydrogens is 396 g/mol. The Kier molecular flexibility index (Phi) is 5.42. The summed E-state index contributed by atoms with van der Waals surface area (Å²) in [6, 6.07) is 24.2. The molecule has 0 unspecified atom stereocenters. The molecule has 1 heterocycles. The first-order valence-electron chi connectivity index (χ1n) is 9.63. The molecule has 152 valence electrons. The lowest BCUT2D eigenvalue weighted by Crippen LogP contribution is -2.29. The summed E-state index contributed by atoms with van der Waals surface area (Å²) in [7, 11) is -3.38. The molecule has 4 rings (SSSR count). The van der Waals surface area contributed by atoms with Crippen LogP contribution in [0.1, 0.15) is 27.4 Å². The number of carbonyl (C=O) groups is 1. The SMILES string of the molecule is CS(=O)(=O)c1cccc(C(=O)NC[C@@H](c2ccccc2)c2c[nH]c3ccccc23)c1. The van der Waals surface area contributed by atoms with E-state index >= 15 is 0 Å². The standard InChI is InChI=1S/C24H22N2O3S/c1-30(28,29)19-11-7-10-18(14-19)24(27)26-15-21(17-8-3-2-4-9-17)22-16-25-23-13-6-5-12-20(22)23/h2-14,16,21,25H,15H2,1H3,(H,26,27)/t21-/m0/s1. The van der Waals surface area contributed by atoms with Gasteiger partial charge in [0.25, 0.3) is 5.91 Å². The summed E-state index contributed by atoms with van der Waals surface area (Å²) >= 11 is 0. The van der Waals surface area contributed by atoms with Crippen LogP contribution in [0, 0.1) is 0 Å². The zero-order valence-electron chi connectivity index (χ0n) is 16.5. The number of H-pyrrole nitrogens is 1. The van der Waals surface area contributed by atoms with Crippen molar-refractivity contribution in [2.45, 2.75) is 10.8 Å². The maximum absolute atomic E-state index is 12.8. The topological polar surface area (TPSA) is 79.0 Å². The summed E-state index contributed by atoms with van der Waals surface area (Å²) in [6.07, 6.45) is 3.12. The van der Waals surface area contributed by atoms with Crippen LogP contribution in [0.4, 0.5) is 0 Å². The number of nitrogens with one attached hydrogen (secondary N) is 2. The maximum atomic E-state index is 12.8. The normalized spacial score (nSPS) is 12.6. The molecule has 4 aromatic rings. The minimum absolute atomic E-state index is 0.0515. The third-order valence-corrected chi connectivity index (χ3v) is 6.30. The van der Waals surface area contributed by atoms with Crippen LogP contribution in [0.3, 0.4) is 0 Å². The van der Waals surface area contributed by atoms with Crippen LogP contribution < -0.4 is 5.32 Å². The fraction of sp³-hybridized carbons (Fsp3) is 0.125. The van der Waals surface area contributed by atoms with Crippen molar-refractivity contribution in [2.75, 3.05) is 12.8 Å². The summed E-state index contributed by atoms with van der Waals surface area (Å²) in [5, 5.41) is 4.09. The quantitative estimate of drug-likeness (QED) is 0.494. The molecule has 3 aromatic carbocycles. The van der Waals surface area contributed by atoms with Gasteiger partial charge >= 0.3 is 0 Å². The Labute approximate surface area is 175 Å². The Morgan fingerprint density at radius 2 is 1.70 bits per heavy atom. The van der Waals surface area contributed by atoms with E-state index in [1.165, 1.54) is 12.1 Å². The van der Waals surface area contributed by atoms with E-state index < -0.39 is 9.84 Å². The monoisotopic (exact) mass is 418 g/mol. The van der Waals surface area contributed by atoms with Gasteiger partial charge in [0.05, 0.1) is 4.90 Å². The molecule has 0 bridgehead atoms. The van der Waals surface area contributed by atoms with Crippen molar-refractivity contribution in [1.29, 1.82) is 0 Å². The highest BCUT2D eigenvalue weighted by atomic mass is 32.2. The van der Waals surface area contributed by atoms with Crippen molar-refractivity contribution in [3.05, 3.63) is 102 Å². The van der Waals surface area contributed by atoms with Gasteiger partial charge in [-0.25, -0.2) is 8.42 Å². The molecule has 0 fully saturated rings. The Balaban J connectivity index is 1.63. The second kappa shape index (κ2) is 8.16.